The Morgan fingerprint density at radius 3 is 2.59 bits per heavy atom. The summed E-state index contributed by atoms with van der Waals surface area (Å²) in [5, 5.41) is 6.58. The molecule has 0 spiro atoms. The van der Waals surface area contributed by atoms with Crippen molar-refractivity contribution in [3.63, 3.8) is 0 Å². The zero-order valence-electron chi connectivity index (χ0n) is 18.5. The van der Waals surface area contributed by atoms with Crippen molar-refractivity contribution in [1.29, 1.82) is 0 Å². The molecule has 0 amide bonds. The van der Waals surface area contributed by atoms with E-state index in [1.807, 2.05) is 27.7 Å². The highest BCUT2D eigenvalue weighted by molar-refractivity contribution is 7.90. The van der Waals surface area contributed by atoms with Crippen LogP contribution >= 0.6 is 0 Å². The minimum Gasteiger partial charge on any atom is -0.444 e. The molecule has 0 bridgehead atoms. The van der Waals surface area contributed by atoms with E-state index < -0.39 is 9.84 Å². The largest absolute Gasteiger partial charge is 0.444 e. The Kier molecular flexibility index (Phi) is 8.95. The Labute approximate surface area is 175 Å². The molecule has 2 heterocycles. The molecule has 1 unspecified atom stereocenters. The molecule has 0 radical (unpaired) electrons. The van der Waals surface area contributed by atoms with Crippen LogP contribution in [0.3, 0.4) is 0 Å². The fraction of sp³-hybridized carbons (Fsp3) is 0.800. The number of hydrogen-bond acceptors (Lipinski definition) is 6. The summed E-state index contributed by atoms with van der Waals surface area (Å²) < 4.78 is 28.4. The summed E-state index contributed by atoms with van der Waals surface area (Å²) in [6, 6.07) is 0.0529. The van der Waals surface area contributed by atoms with Crippen LogP contribution in [0.4, 0.5) is 0 Å². The molecule has 0 saturated carbocycles. The number of nitrogens with zero attached hydrogens (tertiary/aromatic N) is 3. The maximum Gasteiger partial charge on any atom is 0.208 e. The molecule has 0 aliphatic carbocycles. The Morgan fingerprint density at radius 2 is 2.03 bits per heavy atom. The minimum atomic E-state index is -2.94. The van der Waals surface area contributed by atoms with Crippen molar-refractivity contribution in [2.45, 2.75) is 59.5 Å². The quantitative estimate of drug-likeness (QED) is 0.458. The highest BCUT2D eigenvalue weighted by Gasteiger charge is 2.21. The molecule has 1 fully saturated rings. The summed E-state index contributed by atoms with van der Waals surface area (Å²) in [6.45, 7) is 12.3. The first-order chi connectivity index (χ1) is 13.7. The molecule has 2 rings (SSSR count). The first kappa shape index (κ1) is 23.7. The molecule has 2 N–H and O–H groups in total. The number of nitrogens with one attached hydrogen (secondary N) is 2. The highest BCUT2D eigenvalue weighted by atomic mass is 32.2. The molecule has 1 aromatic rings. The van der Waals surface area contributed by atoms with Gasteiger partial charge in [-0.25, -0.2) is 13.4 Å². The fourth-order valence-corrected chi connectivity index (χ4v) is 4.14. The highest BCUT2D eigenvalue weighted by Crippen LogP contribution is 2.20. The van der Waals surface area contributed by atoms with Gasteiger partial charge in [-0.15, -0.1) is 0 Å². The number of likely N-dealkylation sites (tertiary alicyclic amines) is 1. The van der Waals surface area contributed by atoms with Crippen LogP contribution in [0.2, 0.25) is 0 Å². The maximum absolute atomic E-state index is 11.4. The SMILES string of the molecule is CCNC(=NCC1CCN(Cc2nc(C)c(C)o2)CC1)NC(C)CCS(C)(=O)=O. The zero-order valence-corrected chi connectivity index (χ0v) is 19.3. The summed E-state index contributed by atoms with van der Waals surface area (Å²) >= 11 is 0. The molecule has 9 heteroatoms. The molecule has 8 nitrogen and oxygen atoms in total. The summed E-state index contributed by atoms with van der Waals surface area (Å²) in [6.07, 6.45) is 4.05. The van der Waals surface area contributed by atoms with Gasteiger partial charge >= 0.3 is 0 Å². The summed E-state index contributed by atoms with van der Waals surface area (Å²) in [7, 11) is -2.94. The minimum absolute atomic E-state index is 0.0529. The number of aliphatic imine (C=N–C) groups is 1. The van der Waals surface area contributed by atoms with Crippen molar-refractivity contribution < 1.29 is 12.8 Å². The summed E-state index contributed by atoms with van der Waals surface area (Å²) in [4.78, 5) is 11.6. The van der Waals surface area contributed by atoms with Crippen LogP contribution in [-0.2, 0) is 16.4 Å². The van der Waals surface area contributed by atoms with Crippen LogP contribution < -0.4 is 10.6 Å². The Bertz CT molecular complexity index is 748. The number of oxazole rings is 1. The van der Waals surface area contributed by atoms with E-state index in [4.69, 9.17) is 9.41 Å². The topological polar surface area (TPSA) is 99.8 Å². The number of sulfone groups is 1. The van der Waals surface area contributed by atoms with Gasteiger partial charge in [0.15, 0.2) is 5.96 Å². The molecule has 1 aliphatic rings. The summed E-state index contributed by atoms with van der Waals surface area (Å²) in [5.74, 6) is 3.21. The molecular weight excluding hydrogens is 390 g/mol. The molecule has 29 heavy (non-hydrogen) atoms. The normalized spacial score (nSPS) is 18.0. The lowest BCUT2D eigenvalue weighted by Gasteiger charge is -2.30. The third kappa shape index (κ3) is 8.74. The monoisotopic (exact) mass is 427 g/mol. The lowest BCUT2D eigenvalue weighted by atomic mass is 9.97. The van der Waals surface area contributed by atoms with Crippen LogP contribution in [0.15, 0.2) is 9.41 Å². The van der Waals surface area contributed by atoms with Gasteiger partial charge in [-0.1, -0.05) is 0 Å². The van der Waals surface area contributed by atoms with Crippen molar-refractivity contribution in [1.82, 2.24) is 20.5 Å². The lowest BCUT2D eigenvalue weighted by molar-refractivity contribution is 0.166. The smallest absolute Gasteiger partial charge is 0.208 e. The maximum atomic E-state index is 11.4. The fourth-order valence-electron chi connectivity index (χ4n) is 3.36. The molecule has 166 valence electrons. The molecular formula is C20H37N5O3S. The van der Waals surface area contributed by atoms with Gasteiger partial charge in [0.05, 0.1) is 18.0 Å². The average molecular weight is 428 g/mol. The third-order valence-electron chi connectivity index (χ3n) is 5.30. The van der Waals surface area contributed by atoms with E-state index in [1.165, 1.54) is 6.26 Å². The summed E-state index contributed by atoms with van der Waals surface area (Å²) in [5.41, 5.74) is 0.971. The Hall–Kier alpha value is -1.61. The molecule has 0 aromatic carbocycles. The predicted octanol–water partition coefficient (Wildman–Crippen LogP) is 1.88. The van der Waals surface area contributed by atoms with Gasteiger partial charge in [0.25, 0.3) is 0 Å². The number of aryl methyl sites for hydroxylation is 2. The Morgan fingerprint density at radius 1 is 1.34 bits per heavy atom. The van der Waals surface area contributed by atoms with Gasteiger partial charge in [0.2, 0.25) is 5.89 Å². The van der Waals surface area contributed by atoms with Crippen LogP contribution in [0.5, 0.6) is 0 Å². The van der Waals surface area contributed by atoms with Gasteiger partial charge < -0.3 is 15.1 Å². The van der Waals surface area contributed by atoms with Crippen molar-refractivity contribution in [3.8, 4) is 0 Å². The van der Waals surface area contributed by atoms with Gasteiger partial charge in [0, 0.05) is 25.4 Å². The van der Waals surface area contributed by atoms with Crippen molar-refractivity contribution >= 4 is 15.8 Å². The van der Waals surface area contributed by atoms with E-state index in [1.54, 1.807) is 0 Å². The van der Waals surface area contributed by atoms with Crippen LogP contribution in [0.1, 0.15) is 50.5 Å². The van der Waals surface area contributed by atoms with E-state index in [0.717, 1.165) is 68.9 Å². The van der Waals surface area contributed by atoms with Gasteiger partial charge in [0.1, 0.15) is 15.6 Å². The zero-order chi connectivity index (χ0) is 21.4. The van der Waals surface area contributed by atoms with E-state index in [-0.39, 0.29) is 11.8 Å². The third-order valence-corrected chi connectivity index (χ3v) is 6.27. The molecule has 1 saturated heterocycles. The molecule has 1 aliphatic heterocycles. The number of piperidine rings is 1. The van der Waals surface area contributed by atoms with Crippen LogP contribution in [0.25, 0.3) is 0 Å². The van der Waals surface area contributed by atoms with Crippen LogP contribution in [0, 0.1) is 19.8 Å². The number of aromatic nitrogens is 1. The predicted molar refractivity (Wildman–Crippen MR) is 117 cm³/mol. The lowest BCUT2D eigenvalue weighted by Crippen LogP contribution is -2.43. The second-order valence-electron chi connectivity index (χ2n) is 8.15. The number of rotatable bonds is 9. The van der Waals surface area contributed by atoms with E-state index >= 15 is 0 Å². The van der Waals surface area contributed by atoms with Crippen molar-refractivity contribution in [3.05, 3.63) is 17.3 Å². The van der Waals surface area contributed by atoms with Gasteiger partial charge in [-0.3, -0.25) is 9.89 Å². The van der Waals surface area contributed by atoms with Crippen molar-refractivity contribution in [2.75, 3.05) is 38.2 Å². The van der Waals surface area contributed by atoms with E-state index in [9.17, 15) is 8.42 Å². The first-order valence-electron chi connectivity index (χ1n) is 10.5. The van der Waals surface area contributed by atoms with Crippen molar-refractivity contribution in [2.24, 2.45) is 10.9 Å². The molecule has 1 aromatic heterocycles. The second kappa shape index (κ2) is 11.0. The van der Waals surface area contributed by atoms with Crippen LogP contribution in [-0.4, -0.2) is 68.5 Å². The second-order valence-corrected chi connectivity index (χ2v) is 10.4. The standard InChI is InChI=1S/C20H37N5O3S/c1-6-21-20(23-15(2)9-12-29(5,26)27)22-13-18-7-10-25(11-8-18)14-19-24-16(3)17(4)28-19/h15,18H,6-14H2,1-5H3,(H2,21,22,23). The Balaban J connectivity index is 1.78. The number of guanidine groups is 1. The average Bonchev–Trinajstić information content (AvgIpc) is 2.96. The van der Waals surface area contributed by atoms with Gasteiger partial charge in [-0.2, -0.15) is 0 Å². The first-order valence-corrected chi connectivity index (χ1v) is 12.6. The van der Waals surface area contributed by atoms with E-state index in [2.05, 4.69) is 20.5 Å². The van der Waals surface area contributed by atoms with Gasteiger partial charge in [-0.05, 0) is 66.0 Å². The van der Waals surface area contributed by atoms with E-state index in [0.29, 0.717) is 12.3 Å². The number of hydrogen-bond donors (Lipinski definition) is 2. The molecule has 1 atom stereocenters.